The fourth-order valence-corrected chi connectivity index (χ4v) is 0.980. The Morgan fingerprint density at radius 3 is 2.23 bits per heavy atom. The predicted octanol–water partition coefficient (Wildman–Crippen LogP) is 2.98. The van der Waals surface area contributed by atoms with Gasteiger partial charge in [0.15, 0.2) is 11.5 Å². The van der Waals surface area contributed by atoms with E-state index in [0.717, 1.165) is 17.1 Å². The minimum absolute atomic E-state index is 0. The van der Waals surface area contributed by atoms with Crippen molar-refractivity contribution in [2.24, 2.45) is 0 Å². The Morgan fingerprint density at radius 1 is 1.15 bits per heavy atom. The van der Waals surface area contributed by atoms with Crippen molar-refractivity contribution in [1.29, 1.82) is 0 Å². The van der Waals surface area contributed by atoms with Crippen molar-refractivity contribution in [3.05, 3.63) is 30.3 Å². The van der Waals surface area contributed by atoms with Gasteiger partial charge in [-0.3, -0.25) is 0 Å². The summed E-state index contributed by atoms with van der Waals surface area (Å²) in [5.41, 5.74) is 1.02. The average molecular weight is 180 g/mol. The molecule has 0 heterocycles. The Labute approximate surface area is 79.8 Å². The fourth-order valence-electron chi connectivity index (χ4n) is 0.980. The second kappa shape index (κ2) is 5.25. The van der Waals surface area contributed by atoms with Gasteiger partial charge in [-0.15, -0.1) is 0 Å². The van der Waals surface area contributed by atoms with Gasteiger partial charge in [-0.05, 0) is 17.7 Å². The van der Waals surface area contributed by atoms with Crippen molar-refractivity contribution in [3.8, 4) is 11.5 Å². The zero-order valence-corrected chi connectivity index (χ0v) is 7.33. The van der Waals surface area contributed by atoms with Gasteiger partial charge in [0, 0.05) is 0 Å². The molecule has 1 aromatic carbocycles. The summed E-state index contributed by atoms with van der Waals surface area (Å²) in [6.07, 6.45) is 1.77. The SMILES string of the molecule is C.C=Cc1ccc(OC)c(OC)c1. The molecule has 2 nitrogen and oxygen atoms in total. The first-order valence-corrected chi connectivity index (χ1v) is 3.66. The molecule has 0 fully saturated rings. The van der Waals surface area contributed by atoms with Crippen LogP contribution in [0.1, 0.15) is 13.0 Å². The van der Waals surface area contributed by atoms with Gasteiger partial charge in [0.05, 0.1) is 14.2 Å². The van der Waals surface area contributed by atoms with E-state index in [9.17, 15) is 0 Å². The lowest BCUT2D eigenvalue weighted by molar-refractivity contribution is 0.355. The molecule has 1 aromatic rings. The third-order valence-corrected chi connectivity index (χ3v) is 1.64. The van der Waals surface area contributed by atoms with Crippen LogP contribution in [-0.4, -0.2) is 14.2 Å². The van der Waals surface area contributed by atoms with E-state index in [4.69, 9.17) is 9.47 Å². The Bertz CT molecular complexity index is 279. The summed E-state index contributed by atoms with van der Waals surface area (Å²) in [5, 5.41) is 0. The van der Waals surface area contributed by atoms with Crippen molar-refractivity contribution in [3.63, 3.8) is 0 Å². The summed E-state index contributed by atoms with van der Waals surface area (Å²) in [7, 11) is 3.23. The van der Waals surface area contributed by atoms with Gasteiger partial charge < -0.3 is 9.47 Å². The lowest BCUT2D eigenvalue weighted by Gasteiger charge is -2.07. The van der Waals surface area contributed by atoms with Crippen molar-refractivity contribution in [2.75, 3.05) is 14.2 Å². The Hall–Kier alpha value is -1.44. The monoisotopic (exact) mass is 180 g/mol. The lowest BCUT2D eigenvalue weighted by Crippen LogP contribution is -1.90. The molecule has 0 aliphatic heterocycles. The number of rotatable bonds is 3. The quantitative estimate of drug-likeness (QED) is 0.712. The first-order valence-electron chi connectivity index (χ1n) is 3.66. The van der Waals surface area contributed by atoms with Gasteiger partial charge in [0.25, 0.3) is 0 Å². The van der Waals surface area contributed by atoms with E-state index in [2.05, 4.69) is 6.58 Å². The molecule has 0 bridgehead atoms. The van der Waals surface area contributed by atoms with E-state index >= 15 is 0 Å². The van der Waals surface area contributed by atoms with Crippen LogP contribution in [-0.2, 0) is 0 Å². The van der Waals surface area contributed by atoms with Crippen LogP contribution in [0, 0.1) is 0 Å². The van der Waals surface area contributed by atoms with Crippen LogP contribution in [0.5, 0.6) is 11.5 Å². The second-order valence-electron chi connectivity index (χ2n) is 2.32. The highest BCUT2D eigenvalue weighted by atomic mass is 16.5. The summed E-state index contributed by atoms with van der Waals surface area (Å²) < 4.78 is 10.2. The highest BCUT2D eigenvalue weighted by Crippen LogP contribution is 2.27. The molecular weight excluding hydrogens is 164 g/mol. The van der Waals surface area contributed by atoms with Crippen molar-refractivity contribution < 1.29 is 9.47 Å². The maximum Gasteiger partial charge on any atom is 0.161 e. The maximum atomic E-state index is 5.11. The number of hydrogen-bond acceptors (Lipinski definition) is 2. The Balaban J connectivity index is 0.00000144. The molecule has 72 valence electrons. The molecule has 0 unspecified atom stereocenters. The van der Waals surface area contributed by atoms with Gasteiger partial charge in [-0.1, -0.05) is 26.1 Å². The first-order chi connectivity index (χ1) is 5.81. The molecular formula is C11H16O2. The van der Waals surface area contributed by atoms with Crippen molar-refractivity contribution >= 4 is 6.08 Å². The number of benzene rings is 1. The van der Waals surface area contributed by atoms with Crippen LogP contribution in [0.25, 0.3) is 6.08 Å². The molecule has 0 spiro atoms. The van der Waals surface area contributed by atoms with Crippen LogP contribution in [0.4, 0.5) is 0 Å². The summed E-state index contributed by atoms with van der Waals surface area (Å²) in [6.45, 7) is 3.67. The third-order valence-electron chi connectivity index (χ3n) is 1.64. The van der Waals surface area contributed by atoms with E-state index in [1.807, 2.05) is 18.2 Å². The van der Waals surface area contributed by atoms with Crippen molar-refractivity contribution in [1.82, 2.24) is 0 Å². The predicted molar refractivity (Wildman–Crippen MR) is 56.4 cm³/mol. The Morgan fingerprint density at radius 2 is 1.77 bits per heavy atom. The third kappa shape index (κ3) is 2.51. The topological polar surface area (TPSA) is 18.5 Å². The zero-order chi connectivity index (χ0) is 8.97. The van der Waals surface area contributed by atoms with E-state index in [1.165, 1.54) is 0 Å². The van der Waals surface area contributed by atoms with Crippen LogP contribution in [0.2, 0.25) is 0 Å². The molecule has 0 saturated carbocycles. The molecule has 0 radical (unpaired) electrons. The molecule has 2 heteroatoms. The van der Waals surface area contributed by atoms with Crippen molar-refractivity contribution in [2.45, 2.75) is 7.43 Å². The van der Waals surface area contributed by atoms with E-state index in [1.54, 1.807) is 20.3 Å². The van der Waals surface area contributed by atoms with Gasteiger partial charge in [0.1, 0.15) is 0 Å². The zero-order valence-electron chi connectivity index (χ0n) is 7.33. The lowest BCUT2D eigenvalue weighted by atomic mass is 10.2. The van der Waals surface area contributed by atoms with E-state index in [-0.39, 0.29) is 7.43 Å². The summed E-state index contributed by atoms with van der Waals surface area (Å²) in [4.78, 5) is 0. The maximum absolute atomic E-state index is 5.11. The number of methoxy groups -OCH3 is 2. The molecule has 0 atom stereocenters. The number of ether oxygens (including phenoxy) is 2. The summed E-state index contributed by atoms with van der Waals surface area (Å²) in [6, 6.07) is 5.66. The van der Waals surface area contributed by atoms with E-state index in [0.29, 0.717) is 0 Å². The van der Waals surface area contributed by atoms with Gasteiger partial charge >= 0.3 is 0 Å². The Kier molecular flexibility index (Phi) is 4.67. The van der Waals surface area contributed by atoms with Gasteiger partial charge in [0.2, 0.25) is 0 Å². The summed E-state index contributed by atoms with van der Waals surface area (Å²) in [5.74, 6) is 1.47. The second-order valence-corrected chi connectivity index (χ2v) is 2.32. The minimum atomic E-state index is 0. The van der Waals surface area contributed by atoms with Crippen LogP contribution in [0.15, 0.2) is 24.8 Å². The fraction of sp³-hybridized carbons (Fsp3) is 0.273. The summed E-state index contributed by atoms with van der Waals surface area (Å²) >= 11 is 0. The molecule has 0 saturated heterocycles. The van der Waals surface area contributed by atoms with Crippen LogP contribution in [0.3, 0.4) is 0 Å². The minimum Gasteiger partial charge on any atom is -0.493 e. The molecule has 0 aliphatic rings. The van der Waals surface area contributed by atoms with Gasteiger partial charge in [-0.2, -0.15) is 0 Å². The first kappa shape index (κ1) is 11.6. The standard InChI is InChI=1S/C10H12O2.CH4/c1-4-8-5-6-9(11-2)10(7-8)12-3;/h4-7H,1H2,2-3H3;1H4. The van der Waals surface area contributed by atoms with E-state index < -0.39 is 0 Å². The largest absolute Gasteiger partial charge is 0.493 e. The van der Waals surface area contributed by atoms with Crippen LogP contribution < -0.4 is 9.47 Å². The molecule has 0 aliphatic carbocycles. The van der Waals surface area contributed by atoms with Crippen LogP contribution >= 0.6 is 0 Å². The molecule has 0 amide bonds. The highest BCUT2D eigenvalue weighted by molar-refractivity contribution is 5.54. The number of hydrogen-bond donors (Lipinski definition) is 0. The molecule has 13 heavy (non-hydrogen) atoms. The normalized spacial score (nSPS) is 8.46. The smallest absolute Gasteiger partial charge is 0.161 e. The molecule has 0 aromatic heterocycles. The average Bonchev–Trinajstić information content (AvgIpc) is 2.16. The molecule has 0 N–H and O–H groups in total. The highest BCUT2D eigenvalue weighted by Gasteiger charge is 2.01. The molecule has 1 rings (SSSR count). The van der Waals surface area contributed by atoms with Gasteiger partial charge in [-0.25, -0.2) is 0 Å².